The number of carbonyl (C=O) groups is 2. The molecule has 1 unspecified atom stereocenters. The van der Waals surface area contributed by atoms with Crippen LogP contribution in [0.4, 0.5) is 0 Å². The lowest BCUT2D eigenvalue weighted by Gasteiger charge is -2.38. The Kier molecular flexibility index (Phi) is 3.80. The Bertz CT molecular complexity index is 540. The number of hydrogen-bond acceptors (Lipinski definition) is 4. The monoisotopic (exact) mass is 280 g/mol. The van der Waals surface area contributed by atoms with E-state index in [1.165, 1.54) is 0 Å². The molecule has 1 aliphatic heterocycles. The molecule has 110 valence electrons. The van der Waals surface area contributed by atoms with Crippen LogP contribution in [0.5, 0.6) is 0 Å². The van der Waals surface area contributed by atoms with Gasteiger partial charge in [-0.25, -0.2) is 0 Å². The molecular weight excluding hydrogens is 260 g/mol. The van der Waals surface area contributed by atoms with Crippen molar-refractivity contribution in [3.05, 3.63) is 17.5 Å². The third-order valence-electron chi connectivity index (χ3n) is 3.54. The largest absolute Gasteiger partial charge is 0.367 e. The maximum Gasteiger partial charge on any atom is 0.251 e. The number of rotatable bonds is 3. The van der Waals surface area contributed by atoms with E-state index in [0.717, 1.165) is 11.4 Å². The van der Waals surface area contributed by atoms with Gasteiger partial charge < -0.3 is 15.4 Å². The SMILES string of the molecule is Cc1cc(C)n(CC(=O)N2CCOC(C)(C(N)=O)C2)n1. The summed E-state index contributed by atoms with van der Waals surface area (Å²) in [5, 5.41) is 4.26. The molecule has 1 atom stereocenters. The fourth-order valence-electron chi connectivity index (χ4n) is 2.30. The third kappa shape index (κ3) is 2.82. The van der Waals surface area contributed by atoms with Gasteiger partial charge in [-0.1, -0.05) is 0 Å². The molecule has 2 N–H and O–H groups in total. The van der Waals surface area contributed by atoms with Gasteiger partial charge >= 0.3 is 0 Å². The molecular formula is C13H20N4O3. The normalized spacial score (nSPS) is 22.9. The van der Waals surface area contributed by atoms with E-state index in [2.05, 4.69) is 5.10 Å². The molecule has 2 amide bonds. The highest BCUT2D eigenvalue weighted by Gasteiger charge is 2.39. The van der Waals surface area contributed by atoms with E-state index in [9.17, 15) is 9.59 Å². The number of carbonyl (C=O) groups excluding carboxylic acids is 2. The fourth-order valence-corrected chi connectivity index (χ4v) is 2.30. The van der Waals surface area contributed by atoms with Crippen LogP contribution >= 0.6 is 0 Å². The van der Waals surface area contributed by atoms with Crippen molar-refractivity contribution in [2.24, 2.45) is 5.73 Å². The van der Waals surface area contributed by atoms with Gasteiger partial charge in [-0.15, -0.1) is 0 Å². The van der Waals surface area contributed by atoms with Crippen molar-refractivity contribution in [2.45, 2.75) is 32.9 Å². The van der Waals surface area contributed by atoms with Gasteiger partial charge in [0.05, 0.1) is 18.8 Å². The van der Waals surface area contributed by atoms with Crippen LogP contribution in [-0.2, 0) is 20.9 Å². The van der Waals surface area contributed by atoms with Crippen LogP contribution in [0.25, 0.3) is 0 Å². The smallest absolute Gasteiger partial charge is 0.251 e. The van der Waals surface area contributed by atoms with Gasteiger partial charge in [0.15, 0.2) is 5.60 Å². The summed E-state index contributed by atoms with van der Waals surface area (Å²) in [5.41, 5.74) is 6.02. The highest BCUT2D eigenvalue weighted by molar-refractivity contribution is 5.85. The first-order valence-corrected chi connectivity index (χ1v) is 6.54. The molecule has 2 rings (SSSR count). The molecule has 0 saturated carbocycles. The van der Waals surface area contributed by atoms with Crippen LogP contribution in [0.2, 0.25) is 0 Å². The van der Waals surface area contributed by atoms with E-state index in [0.29, 0.717) is 13.2 Å². The van der Waals surface area contributed by atoms with Gasteiger partial charge in [-0.2, -0.15) is 5.10 Å². The number of ether oxygens (including phenoxy) is 1. The minimum Gasteiger partial charge on any atom is -0.367 e. The Balaban J connectivity index is 2.06. The molecule has 0 spiro atoms. The van der Waals surface area contributed by atoms with Crippen LogP contribution in [0, 0.1) is 13.8 Å². The Morgan fingerprint density at radius 1 is 1.50 bits per heavy atom. The second kappa shape index (κ2) is 5.24. The predicted octanol–water partition coefficient (Wildman–Crippen LogP) is -0.397. The summed E-state index contributed by atoms with van der Waals surface area (Å²) >= 11 is 0. The van der Waals surface area contributed by atoms with Crippen LogP contribution in [-0.4, -0.2) is 51.8 Å². The van der Waals surface area contributed by atoms with Crippen molar-refractivity contribution in [1.82, 2.24) is 14.7 Å². The number of nitrogens with two attached hydrogens (primary N) is 1. The Morgan fingerprint density at radius 3 is 2.75 bits per heavy atom. The fraction of sp³-hybridized carbons (Fsp3) is 0.615. The second-order valence-electron chi connectivity index (χ2n) is 5.34. The number of primary amides is 1. The molecule has 0 aromatic carbocycles. The second-order valence-corrected chi connectivity index (χ2v) is 5.34. The first kappa shape index (κ1) is 14.5. The Morgan fingerprint density at radius 2 is 2.20 bits per heavy atom. The first-order chi connectivity index (χ1) is 9.32. The van der Waals surface area contributed by atoms with E-state index in [4.69, 9.17) is 10.5 Å². The molecule has 7 nitrogen and oxygen atoms in total. The topological polar surface area (TPSA) is 90.5 Å². The molecule has 1 aromatic heterocycles. The quantitative estimate of drug-likeness (QED) is 0.816. The van der Waals surface area contributed by atoms with Gasteiger partial charge in [0, 0.05) is 12.2 Å². The lowest BCUT2D eigenvalue weighted by Crippen LogP contribution is -2.58. The van der Waals surface area contributed by atoms with Crippen molar-refractivity contribution in [3.63, 3.8) is 0 Å². The van der Waals surface area contributed by atoms with Crippen molar-refractivity contribution >= 4 is 11.8 Å². The summed E-state index contributed by atoms with van der Waals surface area (Å²) < 4.78 is 7.06. The van der Waals surface area contributed by atoms with Crippen molar-refractivity contribution < 1.29 is 14.3 Å². The molecule has 1 aromatic rings. The first-order valence-electron chi connectivity index (χ1n) is 6.54. The maximum atomic E-state index is 12.3. The van der Waals surface area contributed by atoms with Crippen LogP contribution < -0.4 is 5.73 Å². The van der Waals surface area contributed by atoms with Crippen molar-refractivity contribution in [1.29, 1.82) is 0 Å². The summed E-state index contributed by atoms with van der Waals surface area (Å²) in [7, 11) is 0. The van der Waals surface area contributed by atoms with E-state index in [1.54, 1.807) is 16.5 Å². The van der Waals surface area contributed by atoms with Gasteiger partial charge in [-0.3, -0.25) is 14.3 Å². The summed E-state index contributed by atoms with van der Waals surface area (Å²) in [6.45, 7) is 6.50. The molecule has 7 heteroatoms. The molecule has 1 aliphatic rings. The predicted molar refractivity (Wildman–Crippen MR) is 71.8 cm³/mol. The van der Waals surface area contributed by atoms with Crippen LogP contribution in [0.15, 0.2) is 6.07 Å². The summed E-state index contributed by atoms with van der Waals surface area (Å²) in [4.78, 5) is 25.3. The Labute approximate surface area is 117 Å². The average molecular weight is 280 g/mol. The van der Waals surface area contributed by atoms with E-state index >= 15 is 0 Å². The number of amides is 2. The van der Waals surface area contributed by atoms with Crippen LogP contribution in [0.1, 0.15) is 18.3 Å². The maximum absolute atomic E-state index is 12.3. The number of morpholine rings is 1. The third-order valence-corrected chi connectivity index (χ3v) is 3.54. The summed E-state index contributed by atoms with van der Waals surface area (Å²) in [6, 6.07) is 1.92. The van der Waals surface area contributed by atoms with Crippen LogP contribution in [0.3, 0.4) is 0 Å². The summed E-state index contributed by atoms with van der Waals surface area (Å²) in [6.07, 6.45) is 0. The molecule has 2 heterocycles. The molecule has 1 saturated heterocycles. The highest BCUT2D eigenvalue weighted by atomic mass is 16.5. The van der Waals surface area contributed by atoms with Gasteiger partial charge in [0.1, 0.15) is 6.54 Å². The zero-order chi connectivity index (χ0) is 14.9. The van der Waals surface area contributed by atoms with E-state index in [1.807, 2.05) is 19.9 Å². The minimum atomic E-state index is -1.11. The van der Waals surface area contributed by atoms with Crippen molar-refractivity contribution in [2.75, 3.05) is 19.7 Å². The zero-order valence-corrected chi connectivity index (χ0v) is 12.0. The van der Waals surface area contributed by atoms with Gasteiger partial charge in [-0.05, 0) is 26.8 Å². The minimum absolute atomic E-state index is 0.0908. The molecule has 1 fully saturated rings. The number of aromatic nitrogens is 2. The zero-order valence-electron chi connectivity index (χ0n) is 12.0. The average Bonchev–Trinajstić information content (AvgIpc) is 2.67. The van der Waals surface area contributed by atoms with Gasteiger partial charge in [0.25, 0.3) is 5.91 Å². The highest BCUT2D eigenvalue weighted by Crippen LogP contribution is 2.17. The molecule has 0 bridgehead atoms. The number of hydrogen-bond donors (Lipinski definition) is 1. The lowest BCUT2D eigenvalue weighted by molar-refractivity contribution is -0.160. The molecule has 20 heavy (non-hydrogen) atoms. The Hall–Kier alpha value is -1.89. The standard InChI is InChI=1S/C13H20N4O3/c1-9-6-10(2)17(15-9)7-11(18)16-4-5-20-13(3,8-16)12(14)19/h6H,4-5,7-8H2,1-3H3,(H2,14,19). The molecule has 0 radical (unpaired) electrons. The van der Waals surface area contributed by atoms with E-state index in [-0.39, 0.29) is 19.0 Å². The van der Waals surface area contributed by atoms with E-state index < -0.39 is 11.5 Å². The molecule has 0 aliphatic carbocycles. The van der Waals surface area contributed by atoms with Crippen molar-refractivity contribution in [3.8, 4) is 0 Å². The van der Waals surface area contributed by atoms with Gasteiger partial charge in [0.2, 0.25) is 5.91 Å². The lowest BCUT2D eigenvalue weighted by atomic mass is 10.0. The number of nitrogens with zero attached hydrogens (tertiary/aromatic N) is 3. The number of aryl methyl sites for hydroxylation is 2. The summed E-state index contributed by atoms with van der Waals surface area (Å²) in [5.74, 6) is -0.645.